The van der Waals surface area contributed by atoms with Gasteiger partial charge in [0.1, 0.15) is 5.75 Å². The van der Waals surface area contributed by atoms with Crippen LogP contribution in [0.3, 0.4) is 0 Å². The van der Waals surface area contributed by atoms with Gasteiger partial charge in [0.05, 0.1) is 7.11 Å². The highest BCUT2D eigenvalue weighted by atomic mass is 19.2. The van der Waals surface area contributed by atoms with Crippen molar-refractivity contribution >= 4 is 5.91 Å². The van der Waals surface area contributed by atoms with Crippen LogP contribution in [-0.4, -0.2) is 29.7 Å². The summed E-state index contributed by atoms with van der Waals surface area (Å²) >= 11 is 0. The Labute approximate surface area is 147 Å². The Morgan fingerprint density at radius 2 is 1.92 bits per heavy atom. The van der Waals surface area contributed by atoms with Crippen LogP contribution in [0.1, 0.15) is 16.2 Å². The fourth-order valence-electron chi connectivity index (χ4n) is 2.24. The maximum absolute atomic E-state index is 13.1. The molecule has 1 aromatic heterocycles. The number of amides is 1. The number of ether oxygens (including phenoxy) is 1. The van der Waals surface area contributed by atoms with Crippen molar-refractivity contribution in [2.45, 2.75) is 6.42 Å². The molecular weight excluding hydrogens is 344 g/mol. The second kappa shape index (κ2) is 7.73. The monoisotopic (exact) mass is 359 g/mol. The molecule has 6 nitrogen and oxygen atoms in total. The van der Waals surface area contributed by atoms with Crippen LogP contribution >= 0.6 is 0 Å². The van der Waals surface area contributed by atoms with Crippen molar-refractivity contribution in [1.29, 1.82) is 0 Å². The first-order valence-electron chi connectivity index (χ1n) is 7.77. The fraction of sp³-hybridized carbons (Fsp3) is 0.167. The zero-order valence-electron chi connectivity index (χ0n) is 13.8. The molecule has 0 bridgehead atoms. The topological polar surface area (TPSA) is 77.3 Å². The van der Waals surface area contributed by atoms with Gasteiger partial charge in [-0.15, -0.1) is 0 Å². The summed E-state index contributed by atoms with van der Waals surface area (Å²) in [5.74, 6) is -1.09. The summed E-state index contributed by atoms with van der Waals surface area (Å²) in [7, 11) is 1.58. The first-order valence-corrected chi connectivity index (χ1v) is 7.77. The predicted molar refractivity (Wildman–Crippen MR) is 88.7 cm³/mol. The molecule has 0 aliphatic heterocycles. The summed E-state index contributed by atoms with van der Waals surface area (Å²) in [6.45, 7) is 0.210. The van der Waals surface area contributed by atoms with Gasteiger partial charge in [-0.25, -0.2) is 8.78 Å². The van der Waals surface area contributed by atoms with Crippen molar-refractivity contribution in [1.82, 2.24) is 15.5 Å². The Morgan fingerprint density at radius 3 is 2.62 bits per heavy atom. The van der Waals surface area contributed by atoms with E-state index in [1.807, 2.05) is 0 Å². The maximum atomic E-state index is 13.1. The highest BCUT2D eigenvalue weighted by Gasteiger charge is 2.11. The number of aromatic nitrogens is 2. The second-order valence-electron chi connectivity index (χ2n) is 5.38. The minimum absolute atomic E-state index is 0.0355. The van der Waals surface area contributed by atoms with Crippen LogP contribution in [0.5, 0.6) is 5.75 Å². The molecule has 2 aromatic carbocycles. The van der Waals surface area contributed by atoms with Crippen molar-refractivity contribution in [2.24, 2.45) is 0 Å². The molecule has 8 heteroatoms. The molecule has 1 heterocycles. The summed E-state index contributed by atoms with van der Waals surface area (Å²) in [6.07, 6.45) is 0.304. The van der Waals surface area contributed by atoms with Gasteiger partial charge in [0.15, 0.2) is 11.6 Å². The Kier molecular flexibility index (Phi) is 5.21. The van der Waals surface area contributed by atoms with Gasteiger partial charge in [-0.2, -0.15) is 4.98 Å². The SMILES string of the molecule is COc1ccc(-c2noc(CCNC(=O)c3ccc(F)c(F)c3)n2)cc1. The molecule has 0 spiro atoms. The van der Waals surface area contributed by atoms with Crippen molar-refractivity contribution < 1.29 is 22.8 Å². The Balaban J connectivity index is 1.56. The molecule has 0 atom stereocenters. The molecule has 3 rings (SSSR count). The molecule has 0 saturated carbocycles. The van der Waals surface area contributed by atoms with Gasteiger partial charge in [-0.3, -0.25) is 4.79 Å². The summed E-state index contributed by atoms with van der Waals surface area (Å²) in [6, 6.07) is 10.1. The number of benzene rings is 2. The van der Waals surface area contributed by atoms with Gasteiger partial charge < -0.3 is 14.6 Å². The van der Waals surface area contributed by atoms with Gasteiger partial charge in [0, 0.05) is 24.1 Å². The van der Waals surface area contributed by atoms with Crippen LogP contribution in [-0.2, 0) is 6.42 Å². The third-order valence-electron chi connectivity index (χ3n) is 3.62. The highest BCUT2D eigenvalue weighted by Crippen LogP contribution is 2.19. The maximum Gasteiger partial charge on any atom is 0.251 e. The molecule has 1 N–H and O–H groups in total. The molecule has 0 aliphatic rings. The van der Waals surface area contributed by atoms with Crippen LogP contribution in [0.15, 0.2) is 47.0 Å². The first-order chi connectivity index (χ1) is 12.6. The van der Waals surface area contributed by atoms with Gasteiger partial charge in [0.25, 0.3) is 5.91 Å². The lowest BCUT2D eigenvalue weighted by molar-refractivity contribution is 0.0953. The predicted octanol–water partition coefficient (Wildman–Crippen LogP) is 3.00. The molecule has 1 amide bonds. The van der Waals surface area contributed by atoms with Crippen molar-refractivity contribution in [3.8, 4) is 17.1 Å². The minimum Gasteiger partial charge on any atom is -0.497 e. The molecule has 0 saturated heterocycles. The number of carbonyl (C=O) groups is 1. The smallest absolute Gasteiger partial charge is 0.251 e. The van der Waals surface area contributed by atoms with E-state index in [1.54, 1.807) is 31.4 Å². The zero-order valence-corrected chi connectivity index (χ0v) is 13.8. The van der Waals surface area contributed by atoms with Gasteiger partial charge >= 0.3 is 0 Å². The lowest BCUT2D eigenvalue weighted by Crippen LogP contribution is -2.25. The van der Waals surface area contributed by atoms with Gasteiger partial charge in [-0.1, -0.05) is 5.16 Å². The number of hydrogen-bond donors (Lipinski definition) is 1. The fourth-order valence-corrected chi connectivity index (χ4v) is 2.24. The summed E-state index contributed by atoms with van der Waals surface area (Å²) in [5, 5.41) is 6.47. The van der Waals surface area contributed by atoms with Crippen LogP contribution in [0.25, 0.3) is 11.4 Å². The summed E-state index contributed by atoms with van der Waals surface area (Å²) in [4.78, 5) is 16.2. The number of methoxy groups -OCH3 is 1. The quantitative estimate of drug-likeness (QED) is 0.732. The first kappa shape index (κ1) is 17.5. The van der Waals surface area contributed by atoms with Crippen molar-refractivity contribution in [2.75, 3.05) is 13.7 Å². The van der Waals surface area contributed by atoms with E-state index in [4.69, 9.17) is 9.26 Å². The standard InChI is InChI=1S/C18H15F2N3O3/c1-25-13-5-2-11(3-6-13)17-22-16(26-23-17)8-9-21-18(24)12-4-7-14(19)15(20)10-12/h2-7,10H,8-9H2,1H3,(H,21,24). The molecule has 0 unspecified atom stereocenters. The third kappa shape index (κ3) is 4.02. The summed E-state index contributed by atoms with van der Waals surface area (Å²) in [5.41, 5.74) is 0.806. The van der Waals surface area contributed by atoms with Crippen LogP contribution in [0, 0.1) is 11.6 Å². The summed E-state index contributed by atoms with van der Waals surface area (Å²) < 4.78 is 36.3. The molecule has 134 valence electrons. The number of hydrogen-bond acceptors (Lipinski definition) is 5. The minimum atomic E-state index is -1.07. The molecular formula is C18H15F2N3O3. The van der Waals surface area contributed by atoms with E-state index in [1.165, 1.54) is 6.07 Å². The second-order valence-corrected chi connectivity index (χ2v) is 5.38. The average molecular weight is 359 g/mol. The van der Waals surface area contributed by atoms with Crippen LogP contribution < -0.4 is 10.1 Å². The van der Waals surface area contributed by atoms with Crippen molar-refractivity contribution in [3.05, 3.63) is 65.6 Å². The normalized spacial score (nSPS) is 10.6. The number of nitrogens with one attached hydrogen (secondary N) is 1. The van der Waals surface area contributed by atoms with E-state index < -0.39 is 17.5 Å². The van der Waals surface area contributed by atoms with Crippen LogP contribution in [0.4, 0.5) is 8.78 Å². The Bertz CT molecular complexity index is 910. The molecule has 0 fully saturated rings. The van der Waals surface area contributed by atoms with Gasteiger partial charge in [-0.05, 0) is 42.5 Å². The van der Waals surface area contributed by atoms with Gasteiger partial charge in [0.2, 0.25) is 11.7 Å². The average Bonchev–Trinajstić information content (AvgIpc) is 3.13. The van der Waals surface area contributed by atoms with E-state index in [2.05, 4.69) is 15.5 Å². The van der Waals surface area contributed by atoms with E-state index in [9.17, 15) is 13.6 Å². The Hall–Kier alpha value is -3.29. The lowest BCUT2D eigenvalue weighted by Gasteiger charge is -2.03. The number of carbonyl (C=O) groups excluding carboxylic acids is 1. The zero-order chi connectivity index (χ0) is 18.5. The van der Waals surface area contributed by atoms with E-state index in [0.717, 1.165) is 23.4 Å². The Morgan fingerprint density at radius 1 is 1.15 bits per heavy atom. The lowest BCUT2D eigenvalue weighted by atomic mass is 10.2. The largest absolute Gasteiger partial charge is 0.497 e. The number of nitrogens with zero attached hydrogens (tertiary/aromatic N) is 2. The van der Waals surface area contributed by atoms with Crippen molar-refractivity contribution in [3.63, 3.8) is 0 Å². The van der Waals surface area contributed by atoms with E-state index >= 15 is 0 Å². The van der Waals surface area contributed by atoms with Crippen LogP contribution in [0.2, 0.25) is 0 Å². The molecule has 26 heavy (non-hydrogen) atoms. The number of rotatable bonds is 6. The third-order valence-corrected chi connectivity index (χ3v) is 3.62. The highest BCUT2D eigenvalue weighted by molar-refractivity contribution is 5.94. The molecule has 3 aromatic rings. The molecule has 0 aliphatic carbocycles. The number of halogens is 2. The molecule has 0 radical (unpaired) electrons. The van der Waals surface area contributed by atoms with E-state index in [0.29, 0.717) is 18.1 Å². The van der Waals surface area contributed by atoms with E-state index in [-0.39, 0.29) is 12.1 Å².